The van der Waals surface area contributed by atoms with Crippen molar-refractivity contribution in [3.63, 3.8) is 0 Å². The van der Waals surface area contributed by atoms with Crippen LogP contribution in [0.3, 0.4) is 0 Å². The van der Waals surface area contributed by atoms with Gasteiger partial charge in [-0.15, -0.1) is 0 Å². The predicted molar refractivity (Wildman–Crippen MR) is 89.8 cm³/mol. The molecular weight excluding hydrogens is 272 g/mol. The summed E-state index contributed by atoms with van der Waals surface area (Å²) in [5.74, 6) is 0.669. The van der Waals surface area contributed by atoms with Gasteiger partial charge in [-0.3, -0.25) is 0 Å². The van der Waals surface area contributed by atoms with Crippen LogP contribution >= 0.6 is 0 Å². The monoisotopic (exact) mass is 294 g/mol. The van der Waals surface area contributed by atoms with Gasteiger partial charge in [0.15, 0.2) is 0 Å². The molecule has 1 aromatic heterocycles. The molecule has 1 aromatic carbocycles. The van der Waals surface area contributed by atoms with Gasteiger partial charge in [0.05, 0.1) is 11.6 Å². The van der Waals surface area contributed by atoms with E-state index in [2.05, 4.69) is 47.5 Å². The highest BCUT2D eigenvalue weighted by atomic mass is 15.1. The molecule has 0 aliphatic heterocycles. The first kappa shape index (κ1) is 16.0. The van der Waals surface area contributed by atoms with Crippen LogP contribution < -0.4 is 5.32 Å². The Morgan fingerprint density at radius 3 is 2.50 bits per heavy atom. The number of nitrogens with zero attached hydrogens (tertiary/aromatic N) is 3. The van der Waals surface area contributed by atoms with Crippen LogP contribution in [0, 0.1) is 25.2 Å². The lowest BCUT2D eigenvalue weighted by Gasteiger charge is -2.25. The van der Waals surface area contributed by atoms with E-state index in [0.29, 0.717) is 17.9 Å². The normalized spacial score (nSPS) is 12.0. The lowest BCUT2D eigenvalue weighted by atomic mass is 10.1. The zero-order valence-electron chi connectivity index (χ0n) is 13.6. The molecule has 0 saturated heterocycles. The number of aromatic nitrogens is 1. The molecule has 1 atom stereocenters. The third-order valence-corrected chi connectivity index (χ3v) is 3.73. The molecule has 0 fully saturated rings. The summed E-state index contributed by atoms with van der Waals surface area (Å²) in [5.41, 5.74) is 3.73. The van der Waals surface area contributed by atoms with Crippen molar-refractivity contribution in [1.82, 2.24) is 9.88 Å². The van der Waals surface area contributed by atoms with E-state index >= 15 is 0 Å². The standard InChI is InChI=1S/C18H22N4/c1-13-10-14(2)21-18(16(13)11-19)20-12-17(22(3)4)15-8-6-5-7-9-15/h5-10,17H,12H2,1-4H3,(H,20,21). The molecule has 4 heteroatoms. The van der Waals surface area contributed by atoms with Gasteiger partial charge in [-0.05, 0) is 45.1 Å². The molecule has 2 rings (SSSR count). The number of nitriles is 1. The van der Waals surface area contributed by atoms with Crippen LogP contribution in [-0.4, -0.2) is 30.5 Å². The molecule has 4 nitrogen and oxygen atoms in total. The minimum Gasteiger partial charge on any atom is -0.367 e. The highest BCUT2D eigenvalue weighted by Gasteiger charge is 2.15. The predicted octanol–water partition coefficient (Wildman–Crippen LogP) is 3.28. The van der Waals surface area contributed by atoms with Crippen molar-refractivity contribution in [2.45, 2.75) is 19.9 Å². The molecule has 114 valence electrons. The van der Waals surface area contributed by atoms with Crippen molar-refractivity contribution in [2.75, 3.05) is 26.0 Å². The average Bonchev–Trinajstić information content (AvgIpc) is 2.48. The first-order valence-corrected chi connectivity index (χ1v) is 7.36. The Morgan fingerprint density at radius 2 is 1.91 bits per heavy atom. The lowest BCUT2D eigenvalue weighted by Crippen LogP contribution is -2.27. The van der Waals surface area contributed by atoms with Crippen molar-refractivity contribution in [3.05, 3.63) is 58.8 Å². The maximum absolute atomic E-state index is 9.34. The minimum atomic E-state index is 0.218. The second kappa shape index (κ2) is 7.06. The van der Waals surface area contributed by atoms with Crippen molar-refractivity contribution >= 4 is 5.82 Å². The van der Waals surface area contributed by atoms with Crippen LogP contribution in [0.25, 0.3) is 0 Å². The molecule has 0 aliphatic rings. The first-order valence-electron chi connectivity index (χ1n) is 7.36. The summed E-state index contributed by atoms with van der Waals surface area (Å²) >= 11 is 0. The summed E-state index contributed by atoms with van der Waals surface area (Å²) in [6, 6.07) is 14.7. The van der Waals surface area contributed by atoms with E-state index in [9.17, 15) is 5.26 Å². The third-order valence-electron chi connectivity index (χ3n) is 3.73. The van der Waals surface area contributed by atoms with E-state index in [-0.39, 0.29) is 6.04 Å². The number of hydrogen-bond donors (Lipinski definition) is 1. The van der Waals surface area contributed by atoms with E-state index < -0.39 is 0 Å². The summed E-state index contributed by atoms with van der Waals surface area (Å²) in [6.45, 7) is 4.58. The summed E-state index contributed by atoms with van der Waals surface area (Å²) < 4.78 is 0. The lowest BCUT2D eigenvalue weighted by molar-refractivity contribution is 0.311. The summed E-state index contributed by atoms with van der Waals surface area (Å²) in [5, 5.41) is 12.7. The van der Waals surface area contributed by atoms with Gasteiger partial charge < -0.3 is 10.2 Å². The highest BCUT2D eigenvalue weighted by Crippen LogP contribution is 2.21. The van der Waals surface area contributed by atoms with Gasteiger partial charge in [-0.1, -0.05) is 30.3 Å². The van der Waals surface area contributed by atoms with Crippen LogP contribution in [0.5, 0.6) is 0 Å². The van der Waals surface area contributed by atoms with Crippen LogP contribution in [0.4, 0.5) is 5.82 Å². The number of nitrogens with one attached hydrogen (secondary N) is 1. The molecule has 1 N–H and O–H groups in total. The zero-order valence-corrected chi connectivity index (χ0v) is 13.6. The van der Waals surface area contributed by atoms with Crippen molar-refractivity contribution in [1.29, 1.82) is 5.26 Å². The van der Waals surface area contributed by atoms with E-state index in [1.807, 2.05) is 38.1 Å². The fourth-order valence-electron chi connectivity index (χ4n) is 2.57. The molecular formula is C18H22N4. The molecule has 1 unspecified atom stereocenters. The average molecular weight is 294 g/mol. The topological polar surface area (TPSA) is 52.0 Å². The summed E-state index contributed by atoms with van der Waals surface area (Å²) in [4.78, 5) is 6.64. The smallest absolute Gasteiger partial charge is 0.144 e. The van der Waals surface area contributed by atoms with Crippen LogP contribution in [0.2, 0.25) is 0 Å². The molecule has 0 radical (unpaired) electrons. The van der Waals surface area contributed by atoms with Crippen molar-refractivity contribution in [3.8, 4) is 6.07 Å². The van der Waals surface area contributed by atoms with Gasteiger partial charge in [0.25, 0.3) is 0 Å². The van der Waals surface area contributed by atoms with Gasteiger partial charge in [0, 0.05) is 12.2 Å². The van der Waals surface area contributed by atoms with Gasteiger partial charge in [0.2, 0.25) is 0 Å². The number of aryl methyl sites for hydroxylation is 2. The fraction of sp³-hybridized carbons (Fsp3) is 0.333. The molecule has 0 aliphatic carbocycles. The molecule has 0 amide bonds. The number of rotatable bonds is 5. The van der Waals surface area contributed by atoms with E-state index in [0.717, 1.165) is 11.3 Å². The maximum Gasteiger partial charge on any atom is 0.144 e. The zero-order chi connectivity index (χ0) is 16.1. The largest absolute Gasteiger partial charge is 0.367 e. The molecule has 2 aromatic rings. The van der Waals surface area contributed by atoms with Gasteiger partial charge in [-0.25, -0.2) is 4.98 Å². The second-order valence-corrected chi connectivity index (χ2v) is 5.69. The Balaban J connectivity index is 2.23. The molecule has 0 spiro atoms. The highest BCUT2D eigenvalue weighted by molar-refractivity contribution is 5.56. The number of anilines is 1. The molecule has 22 heavy (non-hydrogen) atoms. The van der Waals surface area contributed by atoms with E-state index in [4.69, 9.17) is 0 Å². The fourth-order valence-corrected chi connectivity index (χ4v) is 2.57. The quantitative estimate of drug-likeness (QED) is 0.919. The van der Waals surface area contributed by atoms with Crippen LogP contribution in [0.15, 0.2) is 36.4 Å². The Hall–Kier alpha value is -2.38. The SMILES string of the molecule is Cc1cc(C)c(C#N)c(NCC(c2ccccc2)N(C)C)n1. The van der Waals surface area contributed by atoms with Gasteiger partial charge in [0.1, 0.15) is 11.9 Å². The molecule has 0 bridgehead atoms. The van der Waals surface area contributed by atoms with Crippen LogP contribution in [0.1, 0.15) is 28.4 Å². The van der Waals surface area contributed by atoms with Crippen LogP contribution in [-0.2, 0) is 0 Å². The number of likely N-dealkylation sites (N-methyl/N-ethyl adjacent to an activating group) is 1. The third kappa shape index (κ3) is 3.63. The minimum absolute atomic E-state index is 0.218. The van der Waals surface area contributed by atoms with E-state index in [1.54, 1.807) is 0 Å². The number of hydrogen-bond acceptors (Lipinski definition) is 4. The Bertz CT molecular complexity index is 671. The Labute approximate surface area is 132 Å². The molecule has 0 saturated carbocycles. The summed E-state index contributed by atoms with van der Waals surface area (Å²) in [7, 11) is 4.11. The Kier molecular flexibility index (Phi) is 5.13. The maximum atomic E-state index is 9.34. The number of benzene rings is 1. The second-order valence-electron chi connectivity index (χ2n) is 5.69. The Morgan fingerprint density at radius 1 is 1.23 bits per heavy atom. The van der Waals surface area contributed by atoms with Gasteiger partial charge >= 0.3 is 0 Å². The first-order chi connectivity index (χ1) is 10.5. The van der Waals surface area contributed by atoms with Gasteiger partial charge in [-0.2, -0.15) is 5.26 Å². The van der Waals surface area contributed by atoms with Crippen molar-refractivity contribution in [2.24, 2.45) is 0 Å². The van der Waals surface area contributed by atoms with E-state index in [1.165, 1.54) is 5.56 Å². The van der Waals surface area contributed by atoms with Crippen molar-refractivity contribution < 1.29 is 0 Å². The number of pyridine rings is 1. The molecule has 1 heterocycles. The summed E-state index contributed by atoms with van der Waals surface area (Å²) in [6.07, 6.45) is 0.